The maximum Gasteiger partial charge on any atom is 0.306 e. The monoisotopic (exact) mass is 178 g/mol. The maximum absolute atomic E-state index is 10.5. The van der Waals surface area contributed by atoms with Crippen molar-refractivity contribution in [2.75, 3.05) is 6.61 Å². The van der Waals surface area contributed by atoms with Gasteiger partial charge in [-0.25, -0.2) is 0 Å². The molecule has 2 rings (SSSR count). The van der Waals surface area contributed by atoms with Crippen molar-refractivity contribution >= 4 is 5.97 Å². The molecule has 0 unspecified atom stereocenters. The molecule has 0 fully saturated rings. The molecule has 3 heteroatoms. The lowest BCUT2D eigenvalue weighted by molar-refractivity contribution is -0.139. The molecule has 2 aliphatic rings. The minimum absolute atomic E-state index is 0.0465. The number of fused-ring (bicyclic) bond motifs is 1. The lowest BCUT2D eigenvalue weighted by Gasteiger charge is -2.22. The number of carboxylic acids is 1. The summed E-state index contributed by atoms with van der Waals surface area (Å²) in [4.78, 5) is 10.5. The van der Waals surface area contributed by atoms with E-state index in [4.69, 9.17) is 9.84 Å². The molecule has 68 valence electrons. The number of carboxylic acid groups (broad SMARTS) is 1. The molecule has 13 heavy (non-hydrogen) atoms. The van der Waals surface area contributed by atoms with Crippen LogP contribution in [-0.4, -0.2) is 23.8 Å². The molecule has 0 spiro atoms. The first-order valence-electron chi connectivity index (χ1n) is 4.19. The summed E-state index contributed by atoms with van der Waals surface area (Å²) in [6.45, 7) is 0.509. The quantitative estimate of drug-likeness (QED) is 0.692. The lowest BCUT2D eigenvalue weighted by atomic mass is 9.99. The second-order valence-electron chi connectivity index (χ2n) is 3.06. The van der Waals surface area contributed by atoms with Gasteiger partial charge in [0, 0.05) is 0 Å². The van der Waals surface area contributed by atoms with Crippen LogP contribution in [0, 0.1) is 0 Å². The second-order valence-corrected chi connectivity index (χ2v) is 3.06. The number of hydrogen-bond donors (Lipinski definition) is 1. The minimum atomic E-state index is -0.820. The average Bonchev–Trinajstić information content (AvgIpc) is 2.51. The number of rotatable bonds is 2. The van der Waals surface area contributed by atoms with E-state index in [9.17, 15) is 4.79 Å². The molecule has 0 radical (unpaired) electrons. The Labute approximate surface area is 76.0 Å². The average molecular weight is 178 g/mol. The molecular formula is C10H10O3. The fourth-order valence-corrected chi connectivity index (χ4v) is 1.60. The van der Waals surface area contributed by atoms with E-state index in [-0.39, 0.29) is 12.5 Å². The Bertz CT molecular complexity index is 323. The first kappa shape index (κ1) is 8.26. The largest absolute Gasteiger partial charge is 0.481 e. The molecule has 1 N–H and O–H groups in total. The zero-order chi connectivity index (χ0) is 9.26. The normalized spacial score (nSPS) is 25.1. The summed E-state index contributed by atoms with van der Waals surface area (Å²) in [6.07, 6.45) is 7.56. The molecular weight excluding hydrogens is 168 g/mol. The van der Waals surface area contributed by atoms with Crippen LogP contribution in [0.1, 0.15) is 6.42 Å². The van der Waals surface area contributed by atoms with Crippen LogP contribution in [0.3, 0.4) is 0 Å². The van der Waals surface area contributed by atoms with Crippen LogP contribution in [0.2, 0.25) is 0 Å². The zero-order valence-corrected chi connectivity index (χ0v) is 7.06. The van der Waals surface area contributed by atoms with Crippen molar-refractivity contribution in [2.45, 2.75) is 12.5 Å². The SMILES string of the molecule is O=C(O)C[C@H]1OCC=C2C=CC=C21. The third-order valence-electron chi connectivity index (χ3n) is 2.19. The molecule has 1 atom stereocenters. The van der Waals surface area contributed by atoms with E-state index in [1.165, 1.54) is 0 Å². The fraction of sp³-hybridized carbons (Fsp3) is 0.300. The standard InChI is InChI=1S/C10H10O3/c11-10(12)6-9-8-3-1-2-7(8)4-5-13-9/h1-4,9H,5-6H2,(H,11,12)/t9-/m1/s1. The van der Waals surface area contributed by atoms with Gasteiger partial charge in [0.25, 0.3) is 0 Å². The summed E-state index contributed by atoms with van der Waals surface area (Å²) in [5.41, 5.74) is 2.10. The molecule has 1 aliphatic heterocycles. The van der Waals surface area contributed by atoms with Crippen molar-refractivity contribution in [2.24, 2.45) is 0 Å². The topological polar surface area (TPSA) is 46.5 Å². The van der Waals surface area contributed by atoms with Gasteiger partial charge in [-0.1, -0.05) is 24.3 Å². The van der Waals surface area contributed by atoms with Crippen LogP contribution in [-0.2, 0) is 9.53 Å². The summed E-state index contributed by atoms with van der Waals surface area (Å²) < 4.78 is 5.34. The van der Waals surface area contributed by atoms with Crippen LogP contribution in [0.5, 0.6) is 0 Å². The van der Waals surface area contributed by atoms with E-state index in [2.05, 4.69) is 0 Å². The Morgan fingerprint density at radius 2 is 2.54 bits per heavy atom. The number of ether oxygens (including phenoxy) is 1. The van der Waals surface area contributed by atoms with Crippen LogP contribution < -0.4 is 0 Å². The van der Waals surface area contributed by atoms with E-state index in [0.29, 0.717) is 6.61 Å². The van der Waals surface area contributed by atoms with E-state index in [0.717, 1.165) is 11.1 Å². The van der Waals surface area contributed by atoms with Crippen molar-refractivity contribution in [3.63, 3.8) is 0 Å². The van der Waals surface area contributed by atoms with Crippen molar-refractivity contribution in [1.29, 1.82) is 0 Å². The number of allylic oxidation sites excluding steroid dienone is 3. The van der Waals surface area contributed by atoms with Gasteiger partial charge in [0.15, 0.2) is 0 Å². The first-order valence-corrected chi connectivity index (χ1v) is 4.19. The molecule has 1 aliphatic carbocycles. The van der Waals surface area contributed by atoms with Crippen LogP contribution >= 0.6 is 0 Å². The van der Waals surface area contributed by atoms with Crippen molar-refractivity contribution in [1.82, 2.24) is 0 Å². The molecule has 0 saturated carbocycles. The minimum Gasteiger partial charge on any atom is -0.481 e. The first-order chi connectivity index (χ1) is 6.27. The van der Waals surface area contributed by atoms with Crippen molar-refractivity contribution in [3.05, 3.63) is 35.5 Å². The van der Waals surface area contributed by atoms with Crippen LogP contribution in [0.4, 0.5) is 0 Å². The summed E-state index contributed by atoms with van der Waals surface area (Å²) in [7, 11) is 0. The third-order valence-corrected chi connectivity index (χ3v) is 2.19. The van der Waals surface area contributed by atoms with Gasteiger partial charge in [-0.05, 0) is 11.1 Å². The molecule has 0 bridgehead atoms. The molecule has 0 amide bonds. The van der Waals surface area contributed by atoms with Crippen molar-refractivity contribution in [3.8, 4) is 0 Å². The summed E-state index contributed by atoms with van der Waals surface area (Å²) in [5.74, 6) is -0.820. The Morgan fingerprint density at radius 3 is 3.31 bits per heavy atom. The van der Waals surface area contributed by atoms with E-state index in [1.807, 2.05) is 24.3 Å². The van der Waals surface area contributed by atoms with E-state index >= 15 is 0 Å². The van der Waals surface area contributed by atoms with Gasteiger partial charge in [-0.3, -0.25) is 4.79 Å². The number of carbonyl (C=O) groups is 1. The Balaban J connectivity index is 2.16. The predicted octanol–water partition coefficient (Wildman–Crippen LogP) is 1.28. The van der Waals surface area contributed by atoms with Gasteiger partial charge in [0.1, 0.15) is 0 Å². The Kier molecular flexibility index (Phi) is 2.02. The van der Waals surface area contributed by atoms with Crippen LogP contribution in [0.15, 0.2) is 35.5 Å². The molecule has 3 nitrogen and oxygen atoms in total. The number of hydrogen-bond acceptors (Lipinski definition) is 2. The summed E-state index contributed by atoms with van der Waals surface area (Å²) in [6, 6.07) is 0. The number of aliphatic carboxylic acids is 1. The highest BCUT2D eigenvalue weighted by atomic mass is 16.5. The summed E-state index contributed by atoms with van der Waals surface area (Å²) >= 11 is 0. The van der Waals surface area contributed by atoms with E-state index < -0.39 is 5.97 Å². The van der Waals surface area contributed by atoms with Crippen molar-refractivity contribution < 1.29 is 14.6 Å². The predicted molar refractivity (Wildman–Crippen MR) is 47.3 cm³/mol. The van der Waals surface area contributed by atoms with Gasteiger partial charge in [0.2, 0.25) is 0 Å². The Morgan fingerprint density at radius 1 is 1.69 bits per heavy atom. The molecule has 0 aromatic rings. The zero-order valence-electron chi connectivity index (χ0n) is 7.06. The lowest BCUT2D eigenvalue weighted by Crippen LogP contribution is -2.23. The van der Waals surface area contributed by atoms with Gasteiger partial charge in [-0.15, -0.1) is 0 Å². The highest BCUT2D eigenvalue weighted by molar-refractivity contribution is 5.69. The third kappa shape index (κ3) is 1.55. The van der Waals surface area contributed by atoms with Gasteiger partial charge in [0.05, 0.1) is 19.1 Å². The van der Waals surface area contributed by atoms with Crippen LogP contribution in [0.25, 0.3) is 0 Å². The van der Waals surface area contributed by atoms with Gasteiger partial charge < -0.3 is 9.84 Å². The molecule has 0 aromatic heterocycles. The molecule has 0 saturated heterocycles. The highest BCUT2D eigenvalue weighted by Gasteiger charge is 2.24. The van der Waals surface area contributed by atoms with Gasteiger partial charge in [-0.2, -0.15) is 0 Å². The van der Waals surface area contributed by atoms with Gasteiger partial charge >= 0.3 is 5.97 Å². The Hall–Kier alpha value is -1.35. The maximum atomic E-state index is 10.5. The van der Waals surface area contributed by atoms with E-state index in [1.54, 1.807) is 0 Å². The molecule has 0 aromatic carbocycles. The fourth-order valence-electron chi connectivity index (χ4n) is 1.60. The second kappa shape index (κ2) is 3.18. The molecule has 1 heterocycles. The summed E-state index contributed by atoms with van der Waals surface area (Å²) in [5, 5.41) is 8.64. The smallest absolute Gasteiger partial charge is 0.306 e. The highest BCUT2D eigenvalue weighted by Crippen LogP contribution is 2.28.